The second-order valence-corrected chi connectivity index (χ2v) is 2.47. The lowest BCUT2D eigenvalue weighted by Crippen LogP contribution is -2.20. The van der Waals surface area contributed by atoms with Gasteiger partial charge in [-0.25, -0.2) is 4.68 Å². The van der Waals surface area contributed by atoms with Crippen LogP contribution < -0.4 is 5.56 Å². The van der Waals surface area contributed by atoms with Crippen LogP contribution in [0.5, 0.6) is 0 Å². The highest BCUT2D eigenvalue weighted by Gasteiger charge is 1.98. The molecule has 0 fully saturated rings. The van der Waals surface area contributed by atoms with Gasteiger partial charge in [-0.3, -0.25) is 4.79 Å². The van der Waals surface area contributed by atoms with E-state index in [-0.39, 0.29) is 10.6 Å². The van der Waals surface area contributed by atoms with Crippen molar-refractivity contribution in [3.05, 3.63) is 27.1 Å². The molecular formula is C6H7ClN2O. The largest absolute Gasteiger partial charge is 0.285 e. The van der Waals surface area contributed by atoms with E-state index in [0.717, 1.165) is 5.69 Å². The number of rotatable bonds is 0. The Bertz CT molecular complexity index is 279. The maximum Gasteiger partial charge on any atom is 0.285 e. The standard InChI is InChI=1S/C6H7ClN2O/c1-4-3-5(7)6(10)9(2)8-4/h3H,1-2H3. The quantitative estimate of drug-likeness (QED) is 0.558. The smallest absolute Gasteiger partial charge is 0.266 e. The minimum atomic E-state index is -0.257. The van der Waals surface area contributed by atoms with E-state index in [2.05, 4.69) is 5.10 Å². The van der Waals surface area contributed by atoms with E-state index in [1.54, 1.807) is 20.0 Å². The summed E-state index contributed by atoms with van der Waals surface area (Å²) in [7, 11) is 1.57. The summed E-state index contributed by atoms with van der Waals surface area (Å²) in [5.41, 5.74) is 0.486. The van der Waals surface area contributed by atoms with Crippen LogP contribution in [0.25, 0.3) is 0 Å². The monoisotopic (exact) mass is 158 g/mol. The lowest BCUT2D eigenvalue weighted by atomic mass is 10.4. The van der Waals surface area contributed by atoms with Gasteiger partial charge in [0.25, 0.3) is 5.56 Å². The molecule has 0 atom stereocenters. The summed E-state index contributed by atoms with van der Waals surface area (Å²) in [5, 5.41) is 4.07. The molecule has 1 aromatic heterocycles. The fourth-order valence-electron chi connectivity index (χ4n) is 0.711. The van der Waals surface area contributed by atoms with Gasteiger partial charge in [-0.15, -0.1) is 0 Å². The predicted molar refractivity (Wildman–Crippen MR) is 39.2 cm³/mol. The summed E-state index contributed by atoms with van der Waals surface area (Å²) in [6, 6.07) is 1.55. The van der Waals surface area contributed by atoms with Crippen LogP contribution in [0.1, 0.15) is 5.69 Å². The molecule has 4 heteroatoms. The molecule has 1 rings (SSSR count). The van der Waals surface area contributed by atoms with Gasteiger partial charge in [0.05, 0.1) is 5.69 Å². The predicted octanol–water partition coefficient (Wildman–Crippen LogP) is 0.742. The first-order chi connectivity index (χ1) is 4.61. The van der Waals surface area contributed by atoms with E-state index >= 15 is 0 Å². The molecule has 1 aromatic rings. The minimum Gasteiger partial charge on any atom is -0.266 e. The number of halogens is 1. The maximum atomic E-state index is 10.9. The molecule has 0 saturated heterocycles. The van der Waals surface area contributed by atoms with Crippen molar-refractivity contribution >= 4 is 11.6 Å². The van der Waals surface area contributed by atoms with Gasteiger partial charge in [-0.1, -0.05) is 11.6 Å². The zero-order chi connectivity index (χ0) is 7.72. The third-order valence-electron chi connectivity index (χ3n) is 1.14. The fourth-order valence-corrected chi connectivity index (χ4v) is 0.991. The number of hydrogen-bond acceptors (Lipinski definition) is 2. The van der Waals surface area contributed by atoms with Gasteiger partial charge in [-0.05, 0) is 13.0 Å². The average Bonchev–Trinajstić information content (AvgIpc) is 1.82. The van der Waals surface area contributed by atoms with Crippen LogP contribution in [0.4, 0.5) is 0 Å². The van der Waals surface area contributed by atoms with Gasteiger partial charge in [0.2, 0.25) is 0 Å². The van der Waals surface area contributed by atoms with Crippen LogP contribution in [0.2, 0.25) is 5.02 Å². The molecule has 0 N–H and O–H groups in total. The molecule has 0 aliphatic carbocycles. The van der Waals surface area contributed by atoms with Gasteiger partial charge >= 0.3 is 0 Å². The van der Waals surface area contributed by atoms with Gasteiger partial charge in [0.1, 0.15) is 5.02 Å². The Hall–Kier alpha value is -0.830. The van der Waals surface area contributed by atoms with Crippen molar-refractivity contribution in [3.63, 3.8) is 0 Å². The molecule has 1 heterocycles. The number of hydrogen-bond donors (Lipinski definition) is 0. The van der Waals surface area contributed by atoms with Gasteiger partial charge in [0, 0.05) is 7.05 Å². The first-order valence-electron chi connectivity index (χ1n) is 2.81. The highest BCUT2D eigenvalue weighted by Crippen LogP contribution is 1.99. The number of aromatic nitrogens is 2. The van der Waals surface area contributed by atoms with Crippen LogP contribution in [-0.2, 0) is 7.05 Å². The maximum absolute atomic E-state index is 10.9. The van der Waals surface area contributed by atoms with E-state index in [9.17, 15) is 4.79 Å². The van der Waals surface area contributed by atoms with E-state index < -0.39 is 0 Å². The van der Waals surface area contributed by atoms with Crippen LogP contribution in [0, 0.1) is 6.92 Å². The Kier molecular flexibility index (Phi) is 1.76. The van der Waals surface area contributed by atoms with E-state index in [4.69, 9.17) is 11.6 Å². The number of nitrogens with zero attached hydrogens (tertiary/aromatic N) is 2. The lowest BCUT2D eigenvalue weighted by molar-refractivity contribution is 0.693. The summed E-state index contributed by atoms with van der Waals surface area (Å²) in [6.07, 6.45) is 0. The molecule has 0 bridgehead atoms. The zero-order valence-corrected chi connectivity index (χ0v) is 6.51. The van der Waals surface area contributed by atoms with E-state index in [1.807, 2.05) is 0 Å². The van der Waals surface area contributed by atoms with Gasteiger partial charge < -0.3 is 0 Å². The zero-order valence-electron chi connectivity index (χ0n) is 5.76. The topological polar surface area (TPSA) is 34.9 Å². The second-order valence-electron chi connectivity index (χ2n) is 2.06. The molecule has 0 aliphatic rings. The molecular weight excluding hydrogens is 152 g/mol. The molecule has 0 saturated carbocycles. The molecule has 0 spiro atoms. The normalized spacial score (nSPS) is 9.90. The van der Waals surface area contributed by atoms with E-state index in [1.165, 1.54) is 4.68 Å². The Morgan fingerprint density at radius 2 is 2.30 bits per heavy atom. The van der Waals surface area contributed by atoms with Crippen LogP contribution in [0.3, 0.4) is 0 Å². The molecule has 0 aliphatic heterocycles. The van der Waals surface area contributed by atoms with Gasteiger partial charge in [-0.2, -0.15) is 5.10 Å². The van der Waals surface area contributed by atoms with Gasteiger partial charge in [0.15, 0.2) is 0 Å². The Balaban J connectivity index is 3.46. The molecule has 54 valence electrons. The first-order valence-corrected chi connectivity index (χ1v) is 3.19. The lowest BCUT2D eigenvalue weighted by Gasteiger charge is -1.97. The summed E-state index contributed by atoms with van der Waals surface area (Å²) in [5.74, 6) is 0. The van der Waals surface area contributed by atoms with E-state index in [0.29, 0.717) is 0 Å². The van der Waals surface area contributed by atoms with Crippen LogP contribution >= 0.6 is 11.6 Å². The minimum absolute atomic E-state index is 0.218. The Morgan fingerprint density at radius 1 is 1.70 bits per heavy atom. The molecule has 0 unspecified atom stereocenters. The van der Waals surface area contributed by atoms with Crippen molar-refractivity contribution in [2.24, 2.45) is 7.05 Å². The molecule has 0 amide bonds. The Labute approximate surface area is 63.2 Å². The van der Waals surface area contributed by atoms with Crippen LogP contribution in [-0.4, -0.2) is 9.78 Å². The van der Waals surface area contributed by atoms with Crippen molar-refractivity contribution in [1.29, 1.82) is 0 Å². The highest BCUT2D eigenvalue weighted by molar-refractivity contribution is 6.30. The van der Waals surface area contributed by atoms with Crippen molar-refractivity contribution in [3.8, 4) is 0 Å². The summed E-state index contributed by atoms with van der Waals surface area (Å²) in [4.78, 5) is 10.9. The number of aryl methyl sites for hydroxylation is 2. The van der Waals surface area contributed by atoms with Crippen molar-refractivity contribution < 1.29 is 0 Å². The third kappa shape index (κ3) is 1.19. The highest BCUT2D eigenvalue weighted by atomic mass is 35.5. The van der Waals surface area contributed by atoms with Crippen molar-refractivity contribution in [2.45, 2.75) is 6.92 Å². The average molecular weight is 159 g/mol. The summed E-state index contributed by atoms with van der Waals surface area (Å²) < 4.78 is 1.22. The Morgan fingerprint density at radius 3 is 2.80 bits per heavy atom. The molecule has 3 nitrogen and oxygen atoms in total. The second kappa shape index (κ2) is 2.42. The SMILES string of the molecule is Cc1cc(Cl)c(=O)n(C)n1. The first kappa shape index (κ1) is 7.28. The summed E-state index contributed by atoms with van der Waals surface area (Å²) in [6.45, 7) is 1.78. The fraction of sp³-hybridized carbons (Fsp3) is 0.333. The third-order valence-corrected chi connectivity index (χ3v) is 1.41. The molecule has 0 radical (unpaired) electrons. The van der Waals surface area contributed by atoms with Crippen LogP contribution in [0.15, 0.2) is 10.9 Å². The molecule has 0 aromatic carbocycles. The summed E-state index contributed by atoms with van der Waals surface area (Å²) >= 11 is 5.55. The molecule has 10 heavy (non-hydrogen) atoms. The van der Waals surface area contributed by atoms with Crippen molar-refractivity contribution in [2.75, 3.05) is 0 Å². The van der Waals surface area contributed by atoms with Crippen molar-refractivity contribution in [1.82, 2.24) is 9.78 Å².